The molecule has 0 bridgehead atoms. The van der Waals surface area contributed by atoms with Crippen molar-refractivity contribution in [2.24, 2.45) is 0 Å². The molecule has 17 heavy (non-hydrogen) atoms. The molecule has 0 amide bonds. The van der Waals surface area contributed by atoms with Crippen molar-refractivity contribution in [1.82, 2.24) is 0 Å². The molecule has 0 saturated heterocycles. The van der Waals surface area contributed by atoms with Crippen LogP contribution < -0.4 is 0 Å². The zero-order valence-corrected chi connectivity index (χ0v) is 10.9. The Balaban J connectivity index is 2.01. The molecule has 1 nitrogen and oxygen atoms in total. The van der Waals surface area contributed by atoms with Gasteiger partial charge in [-0.1, -0.05) is 43.5 Å². The molecule has 0 saturated carbocycles. The smallest absolute Gasteiger partial charge is 0.115 e. The molecule has 0 aromatic heterocycles. The predicted molar refractivity (Wildman–Crippen MR) is 74.3 cm³/mol. The van der Waals surface area contributed by atoms with Crippen molar-refractivity contribution in [2.45, 2.75) is 51.9 Å². The van der Waals surface area contributed by atoms with Crippen LogP contribution in [0.15, 0.2) is 36.4 Å². The summed E-state index contributed by atoms with van der Waals surface area (Å²) in [5.41, 5.74) is 1.25. The van der Waals surface area contributed by atoms with Crippen LogP contribution in [-0.2, 0) is 6.42 Å². The van der Waals surface area contributed by atoms with E-state index in [-0.39, 0.29) is 0 Å². The van der Waals surface area contributed by atoms with Gasteiger partial charge in [-0.15, -0.1) is 0 Å². The van der Waals surface area contributed by atoms with E-state index in [0.29, 0.717) is 5.75 Å². The maximum Gasteiger partial charge on any atom is 0.115 e. The van der Waals surface area contributed by atoms with E-state index in [1.807, 2.05) is 12.1 Å². The summed E-state index contributed by atoms with van der Waals surface area (Å²) in [4.78, 5) is 0. The molecule has 0 aliphatic heterocycles. The molecule has 0 unspecified atom stereocenters. The minimum atomic E-state index is 0.383. The van der Waals surface area contributed by atoms with Gasteiger partial charge in [-0.3, -0.25) is 0 Å². The quantitative estimate of drug-likeness (QED) is 0.501. The number of aryl methyl sites for hydroxylation is 1. The van der Waals surface area contributed by atoms with Gasteiger partial charge in [0, 0.05) is 0 Å². The minimum absolute atomic E-state index is 0.383. The number of phenols is 1. The first-order valence-corrected chi connectivity index (χ1v) is 6.72. The third-order valence-corrected chi connectivity index (χ3v) is 2.98. The Hall–Kier alpha value is -1.24. The minimum Gasteiger partial charge on any atom is -0.508 e. The van der Waals surface area contributed by atoms with Crippen LogP contribution in [0.5, 0.6) is 5.75 Å². The molecular weight excluding hydrogens is 208 g/mol. The lowest BCUT2D eigenvalue weighted by molar-refractivity contribution is 0.474. The highest BCUT2D eigenvalue weighted by Gasteiger charge is 1.95. The summed E-state index contributed by atoms with van der Waals surface area (Å²) in [6, 6.07) is 7.60. The van der Waals surface area contributed by atoms with Crippen LogP contribution in [0.25, 0.3) is 0 Å². The average molecular weight is 232 g/mol. The molecule has 1 heteroatoms. The molecule has 1 rings (SSSR count). The second kappa shape index (κ2) is 8.86. The highest BCUT2D eigenvalue weighted by molar-refractivity contribution is 5.27. The summed E-state index contributed by atoms with van der Waals surface area (Å²) >= 11 is 0. The van der Waals surface area contributed by atoms with E-state index >= 15 is 0 Å². The van der Waals surface area contributed by atoms with Crippen LogP contribution in [0.2, 0.25) is 0 Å². The van der Waals surface area contributed by atoms with Crippen LogP contribution in [0.3, 0.4) is 0 Å². The molecule has 0 heterocycles. The lowest BCUT2D eigenvalue weighted by atomic mass is 10.0. The topological polar surface area (TPSA) is 20.2 Å². The number of unbranched alkanes of at least 4 members (excludes halogenated alkanes) is 5. The standard InChI is InChI=1S/C16H24O/c1-2-3-4-5-6-7-8-9-11-15-12-10-13-16(17)14-15/h2-3,10,12-14,17H,4-9,11H2,1H3/b3-2+. The summed E-state index contributed by atoms with van der Waals surface area (Å²) < 4.78 is 0. The van der Waals surface area contributed by atoms with E-state index in [1.54, 1.807) is 6.07 Å². The highest BCUT2D eigenvalue weighted by atomic mass is 16.3. The summed E-state index contributed by atoms with van der Waals surface area (Å²) in [5.74, 6) is 0.383. The van der Waals surface area contributed by atoms with Crippen molar-refractivity contribution >= 4 is 0 Å². The van der Waals surface area contributed by atoms with Gasteiger partial charge in [0.15, 0.2) is 0 Å². The van der Waals surface area contributed by atoms with Gasteiger partial charge >= 0.3 is 0 Å². The monoisotopic (exact) mass is 232 g/mol. The van der Waals surface area contributed by atoms with Crippen molar-refractivity contribution in [3.8, 4) is 5.75 Å². The fraction of sp³-hybridized carbons (Fsp3) is 0.500. The first-order valence-electron chi connectivity index (χ1n) is 6.72. The molecule has 1 N–H and O–H groups in total. The highest BCUT2D eigenvalue weighted by Crippen LogP contribution is 2.14. The number of hydrogen-bond acceptors (Lipinski definition) is 1. The van der Waals surface area contributed by atoms with E-state index in [2.05, 4.69) is 25.1 Å². The van der Waals surface area contributed by atoms with Crippen LogP contribution in [0.4, 0.5) is 0 Å². The number of allylic oxidation sites excluding steroid dienone is 2. The molecule has 94 valence electrons. The number of aromatic hydroxyl groups is 1. The van der Waals surface area contributed by atoms with E-state index in [1.165, 1.54) is 44.1 Å². The van der Waals surface area contributed by atoms with Crippen LogP contribution in [0.1, 0.15) is 51.0 Å². The fourth-order valence-corrected chi connectivity index (χ4v) is 2.00. The van der Waals surface area contributed by atoms with Gasteiger partial charge in [0.1, 0.15) is 5.75 Å². The fourth-order valence-electron chi connectivity index (χ4n) is 2.00. The van der Waals surface area contributed by atoms with Crippen LogP contribution in [-0.4, -0.2) is 5.11 Å². The Morgan fingerprint density at radius 3 is 2.59 bits per heavy atom. The Morgan fingerprint density at radius 1 is 1.06 bits per heavy atom. The Bertz CT molecular complexity index is 328. The zero-order chi connectivity index (χ0) is 12.3. The SMILES string of the molecule is C/C=C/CCCCCCCc1cccc(O)c1. The molecule has 0 radical (unpaired) electrons. The second-order valence-corrected chi connectivity index (χ2v) is 4.55. The molecule has 0 atom stereocenters. The maximum atomic E-state index is 9.33. The van der Waals surface area contributed by atoms with Gasteiger partial charge in [-0.2, -0.15) is 0 Å². The van der Waals surface area contributed by atoms with Gasteiger partial charge in [-0.25, -0.2) is 0 Å². The zero-order valence-electron chi connectivity index (χ0n) is 10.9. The Morgan fingerprint density at radius 2 is 1.82 bits per heavy atom. The number of hydrogen-bond donors (Lipinski definition) is 1. The van der Waals surface area contributed by atoms with Crippen LogP contribution in [0, 0.1) is 0 Å². The van der Waals surface area contributed by atoms with E-state index in [9.17, 15) is 5.11 Å². The average Bonchev–Trinajstić information content (AvgIpc) is 2.33. The lowest BCUT2D eigenvalue weighted by Gasteiger charge is -2.02. The van der Waals surface area contributed by atoms with Crippen molar-refractivity contribution in [3.63, 3.8) is 0 Å². The van der Waals surface area contributed by atoms with E-state index in [0.717, 1.165) is 6.42 Å². The van der Waals surface area contributed by atoms with Crippen LogP contribution >= 0.6 is 0 Å². The summed E-state index contributed by atoms with van der Waals surface area (Å²) in [5, 5.41) is 9.33. The largest absolute Gasteiger partial charge is 0.508 e. The first-order chi connectivity index (χ1) is 8.33. The lowest BCUT2D eigenvalue weighted by Crippen LogP contribution is -1.86. The van der Waals surface area contributed by atoms with E-state index < -0.39 is 0 Å². The third-order valence-electron chi connectivity index (χ3n) is 2.98. The van der Waals surface area contributed by atoms with Crippen molar-refractivity contribution < 1.29 is 5.11 Å². The molecular formula is C16H24O. The number of phenolic OH excluding ortho intramolecular Hbond substituents is 1. The second-order valence-electron chi connectivity index (χ2n) is 4.55. The molecule has 1 aromatic carbocycles. The van der Waals surface area contributed by atoms with Crippen molar-refractivity contribution in [1.29, 1.82) is 0 Å². The Labute approximate surface area is 105 Å². The van der Waals surface area contributed by atoms with E-state index in [4.69, 9.17) is 0 Å². The number of rotatable bonds is 8. The van der Waals surface area contributed by atoms with Gasteiger partial charge in [0.05, 0.1) is 0 Å². The molecule has 0 aliphatic rings. The normalized spacial score (nSPS) is 11.1. The summed E-state index contributed by atoms with van der Waals surface area (Å²) in [7, 11) is 0. The summed E-state index contributed by atoms with van der Waals surface area (Å²) in [6.45, 7) is 2.08. The molecule has 0 spiro atoms. The molecule has 0 fully saturated rings. The third kappa shape index (κ3) is 6.83. The molecule has 0 aliphatic carbocycles. The van der Waals surface area contributed by atoms with Crippen molar-refractivity contribution in [2.75, 3.05) is 0 Å². The van der Waals surface area contributed by atoms with Gasteiger partial charge in [-0.05, 0) is 50.3 Å². The van der Waals surface area contributed by atoms with Crippen molar-refractivity contribution in [3.05, 3.63) is 42.0 Å². The molecule has 1 aromatic rings. The van der Waals surface area contributed by atoms with Gasteiger partial charge in [0.2, 0.25) is 0 Å². The maximum absolute atomic E-state index is 9.33. The Kier molecular flexibility index (Phi) is 7.20. The van der Waals surface area contributed by atoms with Gasteiger partial charge in [0.25, 0.3) is 0 Å². The predicted octanol–water partition coefficient (Wildman–Crippen LogP) is 4.85. The van der Waals surface area contributed by atoms with Gasteiger partial charge < -0.3 is 5.11 Å². The first kappa shape index (κ1) is 13.8. The summed E-state index contributed by atoms with van der Waals surface area (Å²) in [6.07, 6.45) is 13.2. The number of benzene rings is 1.